The molecule has 0 radical (unpaired) electrons. The Labute approximate surface area is 132 Å². The van der Waals surface area contributed by atoms with Crippen LogP contribution in [0.25, 0.3) is 0 Å². The number of benzene rings is 1. The molecular formula is C17H26FN3O. The number of nitrogens with one attached hydrogen (secondary N) is 1. The van der Waals surface area contributed by atoms with Gasteiger partial charge in [-0.25, -0.2) is 9.18 Å². The maximum Gasteiger partial charge on any atom is 0.317 e. The van der Waals surface area contributed by atoms with Gasteiger partial charge in [0.1, 0.15) is 5.82 Å². The molecule has 0 spiro atoms. The summed E-state index contributed by atoms with van der Waals surface area (Å²) in [5, 5.41) is 2.95. The Bertz CT molecular complexity index is 510. The van der Waals surface area contributed by atoms with E-state index in [1.165, 1.54) is 6.07 Å². The first-order valence-electron chi connectivity index (χ1n) is 7.94. The number of rotatable bonds is 4. The number of halogens is 1. The van der Waals surface area contributed by atoms with Crippen molar-refractivity contribution in [3.63, 3.8) is 0 Å². The molecule has 4 nitrogen and oxygen atoms in total. The molecule has 0 bridgehead atoms. The van der Waals surface area contributed by atoms with E-state index >= 15 is 0 Å². The first-order valence-corrected chi connectivity index (χ1v) is 7.94. The summed E-state index contributed by atoms with van der Waals surface area (Å²) in [5.74, 6) is -0.224. The molecule has 2 amide bonds. The zero-order valence-electron chi connectivity index (χ0n) is 13.7. The first-order chi connectivity index (χ1) is 10.4. The molecule has 1 aliphatic rings. The van der Waals surface area contributed by atoms with Crippen LogP contribution in [-0.2, 0) is 5.41 Å². The maximum absolute atomic E-state index is 13.9. The van der Waals surface area contributed by atoms with Gasteiger partial charge in [0, 0.05) is 38.1 Å². The van der Waals surface area contributed by atoms with Crippen molar-refractivity contribution in [2.45, 2.75) is 26.2 Å². The average Bonchev–Trinajstić information content (AvgIpc) is 2.53. The second-order valence-electron chi connectivity index (χ2n) is 6.44. The lowest BCUT2D eigenvalue weighted by molar-refractivity contribution is 0.142. The number of piperazine rings is 1. The first kappa shape index (κ1) is 16.7. The van der Waals surface area contributed by atoms with Crippen molar-refractivity contribution >= 4 is 6.03 Å². The van der Waals surface area contributed by atoms with Crippen LogP contribution in [-0.4, -0.2) is 55.1 Å². The van der Waals surface area contributed by atoms with Crippen LogP contribution in [0, 0.1) is 5.82 Å². The molecule has 1 saturated heterocycles. The normalized spacial score (nSPS) is 16.6. The minimum Gasteiger partial charge on any atom is -0.337 e. The predicted molar refractivity (Wildman–Crippen MR) is 86.5 cm³/mol. The van der Waals surface area contributed by atoms with Crippen LogP contribution in [0.2, 0.25) is 0 Å². The van der Waals surface area contributed by atoms with E-state index in [0.717, 1.165) is 32.7 Å². The summed E-state index contributed by atoms with van der Waals surface area (Å²) in [6.07, 6.45) is 0. The second kappa shape index (κ2) is 7.09. The van der Waals surface area contributed by atoms with Gasteiger partial charge >= 0.3 is 6.03 Å². The molecule has 1 fully saturated rings. The van der Waals surface area contributed by atoms with Crippen molar-refractivity contribution in [3.05, 3.63) is 35.6 Å². The SMILES string of the molecule is CCN1CCN(C(=O)NCC(C)(C)c2ccccc2F)CC1. The molecule has 1 N–H and O–H groups in total. The summed E-state index contributed by atoms with van der Waals surface area (Å²) in [4.78, 5) is 16.4. The van der Waals surface area contributed by atoms with Crippen LogP contribution in [0.15, 0.2) is 24.3 Å². The van der Waals surface area contributed by atoms with Crippen LogP contribution in [0.3, 0.4) is 0 Å². The fourth-order valence-electron chi connectivity index (χ4n) is 2.78. The van der Waals surface area contributed by atoms with Gasteiger partial charge in [-0.3, -0.25) is 0 Å². The van der Waals surface area contributed by atoms with Gasteiger partial charge in [0.25, 0.3) is 0 Å². The van der Waals surface area contributed by atoms with E-state index < -0.39 is 5.41 Å². The number of likely N-dealkylation sites (N-methyl/N-ethyl adjacent to an activating group) is 1. The average molecular weight is 307 g/mol. The summed E-state index contributed by atoms with van der Waals surface area (Å²) in [6, 6.07) is 6.69. The highest BCUT2D eigenvalue weighted by Crippen LogP contribution is 2.24. The van der Waals surface area contributed by atoms with E-state index in [9.17, 15) is 9.18 Å². The highest BCUT2D eigenvalue weighted by atomic mass is 19.1. The summed E-state index contributed by atoms with van der Waals surface area (Å²) < 4.78 is 13.9. The largest absolute Gasteiger partial charge is 0.337 e. The third-order valence-electron chi connectivity index (χ3n) is 4.39. The Morgan fingerprint density at radius 2 is 1.86 bits per heavy atom. The molecule has 1 heterocycles. The molecule has 0 aromatic heterocycles. The van der Waals surface area contributed by atoms with E-state index in [2.05, 4.69) is 17.1 Å². The fraction of sp³-hybridized carbons (Fsp3) is 0.588. The van der Waals surface area contributed by atoms with Crippen LogP contribution in [0.4, 0.5) is 9.18 Å². The Kier molecular flexibility index (Phi) is 5.40. The lowest BCUT2D eigenvalue weighted by Crippen LogP contribution is -2.53. The summed E-state index contributed by atoms with van der Waals surface area (Å²) in [5.41, 5.74) is 0.192. The number of nitrogens with zero attached hydrogens (tertiary/aromatic N) is 2. The van der Waals surface area contributed by atoms with Crippen LogP contribution in [0.1, 0.15) is 26.3 Å². The molecule has 0 saturated carbocycles. The Morgan fingerprint density at radius 1 is 1.23 bits per heavy atom. The van der Waals surface area contributed by atoms with Gasteiger partial charge in [-0.15, -0.1) is 0 Å². The van der Waals surface area contributed by atoms with Crippen molar-refractivity contribution in [3.8, 4) is 0 Å². The number of hydrogen-bond acceptors (Lipinski definition) is 2. The number of hydrogen-bond donors (Lipinski definition) is 1. The number of carbonyl (C=O) groups is 1. The molecule has 2 rings (SSSR count). The molecule has 0 atom stereocenters. The lowest BCUT2D eigenvalue weighted by Gasteiger charge is -2.35. The quantitative estimate of drug-likeness (QED) is 0.927. The zero-order valence-corrected chi connectivity index (χ0v) is 13.7. The zero-order chi connectivity index (χ0) is 16.2. The van der Waals surface area contributed by atoms with Crippen LogP contribution < -0.4 is 5.32 Å². The van der Waals surface area contributed by atoms with E-state index in [1.807, 2.05) is 24.8 Å². The smallest absolute Gasteiger partial charge is 0.317 e. The van der Waals surface area contributed by atoms with Gasteiger partial charge in [0.05, 0.1) is 0 Å². The van der Waals surface area contributed by atoms with E-state index in [0.29, 0.717) is 12.1 Å². The maximum atomic E-state index is 13.9. The Balaban J connectivity index is 1.89. The molecular weight excluding hydrogens is 281 g/mol. The monoisotopic (exact) mass is 307 g/mol. The highest BCUT2D eigenvalue weighted by molar-refractivity contribution is 5.74. The predicted octanol–water partition coefficient (Wildman–Crippen LogP) is 2.45. The summed E-state index contributed by atoms with van der Waals surface area (Å²) >= 11 is 0. The summed E-state index contributed by atoms with van der Waals surface area (Å²) in [6.45, 7) is 10.8. The molecule has 0 aliphatic carbocycles. The van der Waals surface area contributed by atoms with Crippen LogP contribution in [0.5, 0.6) is 0 Å². The van der Waals surface area contributed by atoms with Gasteiger partial charge < -0.3 is 15.1 Å². The second-order valence-corrected chi connectivity index (χ2v) is 6.44. The van der Waals surface area contributed by atoms with E-state index in [1.54, 1.807) is 12.1 Å². The van der Waals surface area contributed by atoms with Crippen molar-refractivity contribution < 1.29 is 9.18 Å². The lowest BCUT2D eigenvalue weighted by atomic mass is 9.84. The fourth-order valence-corrected chi connectivity index (χ4v) is 2.78. The number of urea groups is 1. The standard InChI is InChI=1S/C17H26FN3O/c1-4-20-9-11-21(12-10-20)16(22)19-13-17(2,3)14-7-5-6-8-15(14)18/h5-8H,4,9-13H2,1-3H3,(H,19,22). The minimum absolute atomic E-state index is 0.0554. The van der Waals surface area contributed by atoms with E-state index in [-0.39, 0.29) is 11.8 Å². The topological polar surface area (TPSA) is 35.6 Å². The van der Waals surface area contributed by atoms with Crippen molar-refractivity contribution in [2.75, 3.05) is 39.3 Å². The van der Waals surface area contributed by atoms with Gasteiger partial charge in [0.2, 0.25) is 0 Å². The van der Waals surface area contributed by atoms with Crippen molar-refractivity contribution in [1.82, 2.24) is 15.1 Å². The molecule has 5 heteroatoms. The molecule has 1 aromatic carbocycles. The van der Waals surface area contributed by atoms with Gasteiger partial charge in [-0.05, 0) is 18.2 Å². The van der Waals surface area contributed by atoms with Gasteiger partial charge in [-0.2, -0.15) is 0 Å². The number of carbonyl (C=O) groups excluding carboxylic acids is 1. The molecule has 1 aliphatic heterocycles. The molecule has 0 unspecified atom stereocenters. The summed E-state index contributed by atoms with van der Waals surface area (Å²) in [7, 11) is 0. The van der Waals surface area contributed by atoms with Gasteiger partial charge in [0.15, 0.2) is 0 Å². The van der Waals surface area contributed by atoms with Crippen LogP contribution >= 0.6 is 0 Å². The van der Waals surface area contributed by atoms with Gasteiger partial charge in [-0.1, -0.05) is 39.0 Å². The Morgan fingerprint density at radius 3 is 2.45 bits per heavy atom. The molecule has 122 valence electrons. The third-order valence-corrected chi connectivity index (χ3v) is 4.39. The minimum atomic E-state index is -0.438. The molecule has 22 heavy (non-hydrogen) atoms. The van der Waals surface area contributed by atoms with Crippen molar-refractivity contribution in [1.29, 1.82) is 0 Å². The van der Waals surface area contributed by atoms with E-state index in [4.69, 9.17) is 0 Å². The molecule has 1 aromatic rings. The number of amides is 2. The van der Waals surface area contributed by atoms with Crippen molar-refractivity contribution in [2.24, 2.45) is 0 Å². The Hall–Kier alpha value is -1.62. The highest BCUT2D eigenvalue weighted by Gasteiger charge is 2.26. The third kappa shape index (κ3) is 3.97.